The van der Waals surface area contributed by atoms with Gasteiger partial charge in [-0.15, -0.1) is 0 Å². The van der Waals surface area contributed by atoms with Crippen LogP contribution in [0.25, 0.3) is 0 Å². The highest BCUT2D eigenvalue weighted by molar-refractivity contribution is 5.33. The lowest BCUT2D eigenvalue weighted by Gasteiger charge is -2.12. The van der Waals surface area contributed by atoms with E-state index in [2.05, 4.69) is 4.98 Å². The molecule has 0 spiro atoms. The van der Waals surface area contributed by atoms with Crippen LogP contribution in [-0.2, 0) is 0 Å². The van der Waals surface area contributed by atoms with Gasteiger partial charge in [0.05, 0.1) is 7.11 Å². The first-order chi connectivity index (χ1) is 7.19. The van der Waals surface area contributed by atoms with Gasteiger partial charge in [-0.25, -0.2) is 4.39 Å². The fourth-order valence-corrected chi connectivity index (χ4v) is 1.24. The molecular weight excluding hydrogens is 197 g/mol. The van der Waals surface area contributed by atoms with E-state index in [1.54, 1.807) is 6.07 Å². The van der Waals surface area contributed by atoms with E-state index in [0.29, 0.717) is 11.8 Å². The summed E-state index contributed by atoms with van der Waals surface area (Å²) >= 11 is 0. The molecule has 1 aromatic heterocycles. The molecule has 0 saturated carbocycles. The van der Waals surface area contributed by atoms with Crippen LogP contribution < -0.4 is 9.47 Å². The number of rotatable bonds is 5. The molecule has 0 saturated heterocycles. The van der Waals surface area contributed by atoms with Gasteiger partial charge in [0.15, 0.2) is 0 Å². The zero-order valence-corrected chi connectivity index (χ0v) is 9.29. The van der Waals surface area contributed by atoms with E-state index in [0.717, 1.165) is 5.56 Å². The van der Waals surface area contributed by atoms with Crippen molar-refractivity contribution in [1.29, 1.82) is 0 Å². The summed E-state index contributed by atoms with van der Waals surface area (Å²) in [4.78, 5) is 4.14. The summed E-state index contributed by atoms with van der Waals surface area (Å²) in [6.07, 6.45) is 0. The first-order valence-corrected chi connectivity index (χ1v) is 4.92. The molecule has 84 valence electrons. The number of alkyl halides is 1. The van der Waals surface area contributed by atoms with Crippen LogP contribution in [-0.4, -0.2) is 25.4 Å². The summed E-state index contributed by atoms with van der Waals surface area (Å²) in [5.74, 6) is 1.23. The normalized spacial score (nSPS) is 10.5. The van der Waals surface area contributed by atoms with Crippen molar-refractivity contribution in [2.45, 2.75) is 19.8 Å². The lowest BCUT2D eigenvalue weighted by Crippen LogP contribution is -2.05. The molecule has 4 heteroatoms. The maximum absolute atomic E-state index is 12.0. The van der Waals surface area contributed by atoms with Crippen molar-refractivity contribution in [1.82, 2.24) is 4.98 Å². The van der Waals surface area contributed by atoms with Crippen LogP contribution >= 0.6 is 0 Å². The Balaban J connectivity index is 2.94. The highest BCUT2D eigenvalue weighted by Crippen LogP contribution is 2.26. The number of hydrogen-bond donors (Lipinski definition) is 0. The predicted molar refractivity (Wildman–Crippen MR) is 56.3 cm³/mol. The summed E-state index contributed by atoms with van der Waals surface area (Å²) in [7, 11) is 1.54. The van der Waals surface area contributed by atoms with Gasteiger partial charge < -0.3 is 9.47 Å². The molecule has 0 N–H and O–H groups in total. The van der Waals surface area contributed by atoms with Gasteiger partial charge in [0, 0.05) is 11.6 Å². The third-order valence-electron chi connectivity index (χ3n) is 2.01. The molecule has 0 radical (unpaired) electrons. The fraction of sp³-hybridized carbons (Fsp3) is 0.545. The van der Waals surface area contributed by atoms with Gasteiger partial charge in [0.25, 0.3) is 0 Å². The monoisotopic (exact) mass is 213 g/mol. The first-order valence-electron chi connectivity index (χ1n) is 4.92. The zero-order chi connectivity index (χ0) is 11.3. The Hall–Kier alpha value is -1.32. The zero-order valence-electron chi connectivity index (χ0n) is 9.29. The van der Waals surface area contributed by atoms with Crippen molar-refractivity contribution in [3.05, 3.63) is 17.7 Å². The molecule has 3 nitrogen and oxygen atoms in total. The Morgan fingerprint density at radius 2 is 2.13 bits per heavy atom. The number of nitrogens with zero attached hydrogens (tertiary/aromatic N) is 1. The second-order valence-corrected chi connectivity index (χ2v) is 3.44. The molecule has 0 aliphatic heterocycles. The Bertz CT molecular complexity index is 315. The maximum atomic E-state index is 12.0. The quantitative estimate of drug-likeness (QED) is 0.753. The molecule has 15 heavy (non-hydrogen) atoms. The molecule has 0 atom stereocenters. The summed E-state index contributed by atoms with van der Waals surface area (Å²) < 4.78 is 22.2. The predicted octanol–water partition coefficient (Wildman–Crippen LogP) is 2.56. The van der Waals surface area contributed by atoms with Crippen LogP contribution in [0.5, 0.6) is 11.8 Å². The average Bonchev–Trinajstić information content (AvgIpc) is 2.25. The molecule has 0 aliphatic rings. The topological polar surface area (TPSA) is 31.4 Å². The summed E-state index contributed by atoms with van der Waals surface area (Å²) in [5.41, 5.74) is 0.962. The molecule has 0 aliphatic carbocycles. The van der Waals surface area contributed by atoms with Crippen molar-refractivity contribution in [2.24, 2.45) is 0 Å². The maximum Gasteiger partial charge on any atom is 0.220 e. The minimum absolute atomic E-state index is 0.0277. The minimum atomic E-state index is -0.517. The molecular formula is C11H16FNO2. The number of pyridine rings is 1. The Morgan fingerprint density at radius 3 is 2.67 bits per heavy atom. The Morgan fingerprint density at radius 1 is 1.40 bits per heavy atom. The second kappa shape index (κ2) is 5.53. The van der Waals surface area contributed by atoms with Crippen LogP contribution in [0.3, 0.4) is 0 Å². The summed E-state index contributed by atoms with van der Waals surface area (Å²) in [6, 6.07) is 3.67. The third-order valence-corrected chi connectivity index (χ3v) is 2.01. The van der Waals surface area contributed by atoms with E-state index in [9.17, 15) is 4.39 Å². The van der Waals surface area contributed by atoms with Crippen LogP contribution in [0.4, 0.5) is 4.39 Å². The first kappa shape index (κ1) is 11.8. The van der Waals surface area contributed by atoms with Crippen molar-refractivity contribution in [2.75, 3.05) is 20.4 Å². The number of methoxy groups -OCH3 is 1. The van der Waals surface area contributed by atoms with Gasteiger partial charge >= 0.3 is 0 Å². The van der Waals surface area contributed by atoms with Gasteiger partial charge in [-0.2, -0.15) is 4.98 Å². The van der Waals surface area contributed by atoms with Crippen molar-refractivity contribution in [3.63, 3.8) is 0 Å². The van der Waals surface area contributed by atoms with Crippen LogP contribution in [0.2, 0.25) is 0 Å². The van der Waals surface area contributed by atoms with E-state index in [-0.39, 0.29) is 12.5 Å². The summed E-state index contributed by atoms with van der Waals surface area (Å²) in [5, 5.41) is 0. The van der Waals surface area contributed by atoms with E-state index in [1.807, 2.05) is 19.9 Å². The third kappa shape index (κ3) is 3.08. The van der Waals surface area contributed by atoms with Crippen LogP contribution in [0.1, 0.15) is 25.3 Å². The largest absolute Gasteiger partial charge is 0.481 e. The van der Waals surface area contributed by atoms with Gasteiger partial charge in [-0.3, -0.25) is 0 Å². The number of halogens is 1. The molecule has 0 amide bonds. The number of aromatic nitrogens is 1. The molecule has 0 bridgehead atoms. The molecule has 1 rings (SSSR count). The second-order valence-electron chi connectivity index (χ2n) is 3.44. The average molecular weight is 213 g/mol. The lowest BCUT2D eigenvalue weighted by atomic mass is 10.1. The number of hydrogen-bond acceptors (Lipinski definition) is 3. The van der Waals surface area contributed by atoms with Crippen LogP contribution in [0, 0.1) is 0 Å². The van der Waals surface area contributed by atoms with E-state index in [1.165, 1.54) is 7.11 Å². The fourth-order valence-electron chi connectivity index (χ4n) is 1.24. The SMILES string of the molecule is COc1ccc(C(C)C)c(OCCF)n1. The van der Waals surface area contributed by atoms with Gasteiger partial charge in [-0.1, -0.05) is 13.8 Å². The number of ether oxygens (including phenoxy) is 2. The minimum Gasteiger partial charge on any atom is -0.481 e. The van der Waals surface area contributed by atoms with Gasteiger partial charge in [0.2, 0.25) is 11.8 Å². The Labute approximate surface area is 89.2 Å². The molecule has 1 aromatic rings. The van der Waals surface area contributed by atoms with E-state index < -0.39 is 6.67 Å². The highest BCUT2D eigenvalue weighted by atomic mass is 19.1. The molecule has 1 heterocycles. The van der Waals surface area contributed by atoms with E-state index >= 15 is 0 Å². The molecule has 0 unspecified atom stereocenters. The highest BCUT2D eigenvalue weighted by Gasteiger charge is 2.10. The van der Waals surface area contributed by atoms with Crippen molar-refractivity contribution in [3.8, 4) is 11.8 Å². The smallest absolute Gasteiger partial charge is 0.220 e. The Kier molecular flexibility index (Phi) is 4.34. The lowest BCUT2D eigenvalue weighted by molar-refractivity contribution is 0.257. The van der Waals surface area contributed by atoms with Crippen molar-refractivity contribution < 1.29 is 13.9 Å². The van der Waals surface area contributed by atoms with Gasteiger partial charge in [0.1, 0.15) is 13.3 Å². The van der Waals surface area contributed by atoms with Gasteiger partial charge in [-0.05, 0) is 12.0 Å². The summed E-state index contributed by atoms with van der Waals surface area (Å²) in [6.45, 7) is 3.58. The molecule has 0 aromatic carbocycles. The standard InChI is InChI=1S/C11H16FNO2/c1-8(2)9-4-5-10(14-3)13-11(9)15-7-6-12/h4-5,8H,6-7H2,1-3H3. The van der Waals surface area contributed by atoms with E-state index in [4.69, 9.17) is 9.47 Å². The van der Waals surface area contributed by atoms with Crippen molar-refractivity contribution >= 4 is 0 Å². The molecule has 0 fully saturated rings. The van der Waals surface area contributed by atoms with Crippen LogP contribution in [0.15, 0.2) is 12.1 Å².